The summed E-state index contributed by atoms with van der Waals surface area (Å²) in [5.74, 6) is 0.993. The normalized spacial score (nSPS) is 11.2. The van der Waals surface area contributed by atoms with Crippen molar-refractivity contribution >= 4 is 16.7 Å². The second-order valence-corrected chi connectivity index (χ2v) is 5.08. The Kier molecular flexibility index (Phi) is 5.96. The number of hydrogen-bond donors (Lipinski definition) is 1. The maximum absolute atomic E-state index is 5.19. The average molecular weight is 287 g/mol. The molecule has 0 unspecified atom stereocenters. The van der Waals surface area contributed by atoms with Crippen molar-refractivity contribution in [3.05, 3.63) is 35.9 Å². The molecule has 4 nitrogen and oxygen atoms in total. The third kappa shape index (κ3) is 4.16. The maximum Gasteiger partial charge on any atom is 0.131 e. The third-order valence-electron chi connectivity index (χ3n) is 3.60. The summed E-state index contributed by atoms with van der Waals surface area (Å²) in [5, 5.41) is 4.58. The van der Waals surface area contributed by atoms with E-state index in [0.717, 1.165) is 44.1 Å². The monoisotopic (exact) mass is 287 g/mol. The van der Waals surface area contributed by atoms with E-state index in [-0.39, 0.29) is 0 Å². The second kappa shape index (κ2) is 7.96. The van der Waals surface area contributed by atoms with Crippen LogP contribution in [0.15, 0.2) is 30.3 Å². The van der Waals surface area contributed by atoms with Gasteiger partial charge in [0.15, 0.2) is 0 Å². The molecule has 0 saturated heterocycles. The van der Waals surface area contributed by atoms with Crippen LogP contribution < -0.4 is 5.32 Å². The Morgan fingerprint density at radius 1 is 1.24 bits per heavy atom. The van der Waals surface area contributed by atoms with Crippen LogP contribution in [0.2, 0.25) is 0 Å². The molecule has 0 spiro atoms. The number of likely N-dealkylation sites (N-methyl/N-ethyl adjacent to an activating group) is 1. The molecule has 4 heteroatoms. The van der Waals surface area contributed by atoms with Crippen molar-refractivity contribution in [2.24, 2.45) is 0 Å². The van der Waals surface area contributed by atoms with Crippen LogP contribution >= 0.6 is 0 Å². The van der Waals surface area contributed by atoms with Crippen LogP contribution in [0.1, 0.15) is 19.4 Å². The molecule has 0 aliphatic rings. The van der Waals surface area contributed by atoms with E-state index < -0.39 is 0 Å². The Morgan fingerprint density at radius 3 is 2.76 bits per heavy atom. The molecule has 0 amide bonds. The van der Waals surface area contributed by atoms with E-state index in [1.807, 2.05) is 6.07 Å². The van der Waals surface area contributed by atoms with Gasteiger partial charge in [0.05, 0.1) is 12.1 Å². The molecular formula is C17H25N3O. The molecule has 2 aromatic rings. The zero-order chi connectivity index (χ0) is 15.1. The fourth-order valence-electron chi connectivity index (χ4n) is 2.41. The number of nitrogens with zero attached hydrogens (tertiary/aromatic N) is 2. The highest BCUT2D eigenvalue weighted by Crippen LogP contribution is 2.21. The Morgan fingerprint density at radius 2 is 2.05 bits per heavy atom. The van der Waals surface area contributed by atoms with Crippen LogP contribution in [0.3, 0.4) is 0 Å². The van der Waals surface area contributed by atoms with Gasteiger partial charge in [-0.15, -0.1) is 0 Å². The number of rotatable bonds is 8. The fraction of sp³-hybridized carbons (Fsp3) is 0.471. The number of pyridine rings is 1. The number of anilines is 1. The van der Waals surface area contributed by atoms with Gasteiger partial charge in [-0.3, -0.25) is 4.90 Å². The lowest BCUT2D eigenvalue weighted by atomic mass is 10.1. The Hall–Kier alpha value is -1.65. The van der Waals surface area contributed by atoms with E-state index in [1.54, 1.807) is 7.11 Å². The third-order valence-corrected chi connectivity index (χ3v) is 3.60. The minimum absolute atomic E-state index is 0.755. The van der Waals surface area contributed by atoms with E-state index in [1.165, 1.54) is 10.9 Å². The number of aromatic nitrogens is 1. The van der Waals surface area contributed by atoms with Gasteiger partial charge in [0.1, 0.15) is 5.82 Å². The van der Waals surface area contributed by atoms with E-state index >= 15 is 0 Å². The molecule has 1 heterocycles. The lowest BCUT2D eigenvalue weighted by molar-refractivity contribution is 0.147. The summed E-state index contributed by atoms with van der Waals surface area (Å²) in [6, 6.07) is 10.5. The Balaban J connectivity index is 2.28. The van der Waals surface area contributed by atoms with Gasteiger partial charge < -0.3 is 10.1 Å². The molecular weight excluding hydrogens is 262 g/mol. The van der Waals surface area contributed by atoms with E-state index in [9.17, 15) is 0 Å². The Bertz CT molecular complexity index is 571. The summed E-state index contributed by atoms with van der Waals surface area (Å²) in [6.07, 6.45) is 0. The number of para-hydroxylation sites is 1. The van der Waals surface area contributed by atoms with Crippen molar-refractivity contribution in [3.8, 4) is 0 Å². The number of ether oxygens (including phenoxy) is 1. The molecule has 1 aromatic carbocycles. The van der Waals surface area contributed by atoms with Crippen molar-refractivity contribution in [3.63, 3.8) is 0 Å². The highest BCUT2D eigenvalue weighted by molar-refractivity contribution is 5.81. The predicted octanol–water partition coefficient (Wildman–Crippen LogP) is 3.13. The molecule has 0 atom stereocenters. The van der Waals surface area contributed by atoms with Gasteiger partial charge in [-0.2, -0.15) is 0 Å². The topological polar surface area (TPSA) is 37.4 Å². The summed E-state index contributed by atoms with van der Waals surface area (Å²) < 4.78 is 5.19. The first kappa shape index (κ1) is 15.7. The molecule has 0 bridgehead atoms. The molecule has 0 saturated carbocycles. The van der Waals surface area contributed by atoms with Crippen molar-refractivity contribution in [1.82, 2.24) is 9.88 Å². The van der Waals surface area contributed by atoms with Gasteiger partial charge in [0.2, 0.25) is 0 Å². The SMILES string of the molecule is CCNc1nc2ccccc2cc1CN(CC)CCOC. The van der Waals surface area contributed by atoms with Crippen LogP contribution in [0, 0.1) is 0 Å². The highest BCUT2D eigenvalue weighted by atomic mass is 16.5. The van der Waals surface area contributed by atoms with Crippen molar-refractivity contribution < 1.29 is 4.74 Å². The first-order chi connectivity index (χ1) is 10.3. The van der Waals surface area contributed by atoms with Crippen LogP contribution in [0.4, 0.5) is 5.82 Å². The molecule has 114 valence electrons. The van der Waals surface area contributed by atoms with Crippen LogP contribution in [-0.4, -0.2) is 43.2 Å². The second-order valence-electron chi connectivity index (χ2n) is 5.08. The van der Waals surface area contributed by atoms with Gasteiger partial charge in [0, 0.05) is 37.7 Å². The van der Waals surface area contributed by atoms with E-state index in [4.69, 9.17) is 9.72 Å². The maximum atomic E-state index is 5.19. The highest BCUT2D eigenvalue weighted by Gasteiger charge is 2.10. The minimum atomic E-state index is 0.755. The van der Waals surface area contributed by atoms with Gasteiger partial charge in [-0.25, -0.2) is 4.98 Å². The fourth-order valence-corrected chi connectivity index (χ4v) is 2.41. The number of nitrogens with one attached hydrogen (secondary N) is 1. The molecule has 21 heavy (non-hydrogen) atoms. The first-order valence-corrected chi connectivity index (χ1v) is 7.62. The summed E-state index contributed by atoms with van der Waals surface area (Å²) in [4.78, 5) is 7.13. The number of benzene rings is 1. The number of hydrogen-bond acceptors (Lipinski definition) is 4. The lowest BCUT2D eigenvalue weighted by Crippen LogP contribution is -2.27. The zero-order valence-electron chi connectivity index (χ0n) is 13.2. The molecule has 1 N–H and O–H groups in total. The molecule has 0 aliphatic heterocycles. The first-order valence-electron chi connectivity index (χ1n) is 7.62. The molecule has 1 aromatic heterocycles. The average Bonchev–Trinajstić information content (AvgIpc) is 2.52. The quantitative estimate of drug-likeness (QED) is 0.809. The van der Waals surface area contributed by atoms with Crippen LogP contribution in [0.5, 0.6) is 0 Å². The summed E-state index contributed by atoms with van der Waals surface area (Å²) in [6.45, 7) is 8.74. The van der Waals surface area contributed by atoms with Crippen molar-refractivity contribution in [1.29, 1.82) is 0 Å². The lowest BCUT2D eigenvalue weighted by Gasteiger charge is -2.22. The largest absolute Gasteiger partial charge is 0.383 e. The van der Waals surface area contributed by atoms with Crippen molar-refractivity contribution in [2.75, 3.05) is 38.7 Å². The molecule has 0 fully saturated rings. The van der Waals surface area contributed by atoms with Gasteiger partial charge in [0.25, 0.3) is 0 Å². The molecule has 0 aliphatic carbocycles. The zero-order valence-corrected chi connectivity index (χ0v) is 13.2. The smallest absolute Gasteiger partial charge is 0.131 e. The standard InChI is InChI=1S/C17H25N3O/c1-4-18-17-15(13-20(5-2)10-11-21-3)12-14-8-6-7-9-16(14)19-17/h6-9,12H,4-5,10-11,13H2,1-3H3,(H,18,19). The molecule has 0 radical (unpaired) electrons. The predicted molar refractivity (Wildman–Crippen MR) is 88.7 cm³/mol. The van der Waals surface area contributed by atoms with Gasteiger partial charge in [-0.1, -0.05) is 25.1 Å². The van der Waals surface area contributed by atoms with Gasteiger partial charge in [-0.05, 0) is 25.6 Å². The Labute approximate surface area is 127 Å². The summed E-state index contributed by atoms with van der Waals surface area (Å²) in [7, 11) is 1.75. The van der Waals surface area contributed by atoms with E-state index in [0.29, 0.717) is 0 Å². The van der Waals surface area contributed by atoms with Crippen molar-refractivity contribution in [2.45, 2.75) is 20.4 Å². The summed E-state index contributed by atoms with van der Waals surface area (Å²) in [5.41, 5.74) is 2.28. The summed E-state index contributed by atoms with van der Waals surface area (Å²) >= 11 is 0. The minimum Gasteiger partial charge on any atom is -0.383 e. The van der Waals surface area contributed by atoms with Crippen LogP contribution in [0.25, 0.3) is 10.9 Å². The van der Waals surface area contributed by atoms with Gasteiger partial charge >= 0.3 is 0 Å². The number of methoxy groups -OCH3 is 1. The molecule has 2 rings (SSSR count). The van der Waals surface area contributed by atoms with E-state index in [2.05, 4.69) is 48.3 Å². The van der Waals surface area contributed by atoms with Crippen LogP contribution in [-0.2, 0) is 11.3 Å². The number of fused-ring (bicyclic) bond motifs is 1.